The van der Waals surface area contributed by atoms with E-state index in [1.165, 1.54) is 0 Å². The Bertz CT molecular complexity index is 937. The van der Waals surface area contributed by atoms with Gasteiger partial charge in [-0.25, -0.2) is 17.9 Å². The molecule has 2 aromatic carbocycles. The molecule has 0 fully saturated rings. The van der Waals surface area contributed by atoms with Crippen molar-refractivity contribution in [2.75, 3.05) is 6.54 Å². The lowest BCUT2D eigenvalue weighted by Crippen LogP contribution is -2.30. The standard InChI is InChI=1S/C20H23NO5S/c1-13-5-8-17(9-6-13)27(25,26)21-12-16-4-2-3-14-11-15(7-10-18(14)16)19(22)20(23)24/h5-11,16,19,21-22H,2-4,12H2,1H3,(H,23,24). The number of benzene rings is 2. The van der Waals surface area contributed by atoms with Crippen LogP contribution in [-0.2, 0) is 21.2 Å². The van der Waals surface area contributed by atoms with E-state index in [1.807, 2.05) is 6.92 Å². The second-order valence-electron chi connectivity index (χ2n) is 6.95. The number of nitrogens with one attached hydrogen (secondary N) is 1. The van der Waals surface area contributed by atoms with Crippen LogP contribution in [0.2, 0.25) is 0 Å². The van der Waals surface area contributed by atoms with Crippen LogP contribution < -0.4 is 4.72 Å². The molecule has 144 valence electrons. The van der Waals surface area contributed by atoms with Gasteiger partial charge >= 0.3 is 5.97 Å². The van der Waals surface area contributed by atoms with Gasteiger partial charge in [-0.2, -0.15) is 0 Å². The minimum Gasteiger partial charge on any atom is -0.479 e. The van der Waals surface area contributed by atoms with Crippen LogP contribution in [0.4, 0.5) is 0 Å². The molecule has 0 radical (unpaired) electrons. The van der Waals surface area contributed by atoms with Crippen LogP contribution in [0.5, 0.6) is 0 Å². The van der Waals surface area contributed by atoms with Crippen molar-refractivity contribution in [1.82, 2.24) is 4.72 Å². The minimum atomic E-state index is -3.58. The molecule has 0 amide bonds. The molecule has 27 heavy (non-hydrogen) atoms. The maximum Gasteiger partial charge on any atom is 0.337 e. The van der Waals surface area contributed by atoms with Crippen LogP contribution in [0, 0.1) is 6.92 Å². The van der Waals surface area contributed by atoms with E-state index >= 15 is 0 Å². The fourth-order valence-electron chi connectivity index (χ4n) is 3.47. The number of aryl methyl sites for hydroxylation is 2. The highest BCUT2D eigenvalue weighted by Crippen LogP contribution is 2.33. The number of carboxylic acids is 1. The first-order chi connectivity index (χ1) is 12.8. The maximum atomic E-state index is 12.5. The van der Waals surface area contributed by atoms with E-state index in [0.29, 0.717) is 5.56 Å². The monoisotopic (exact) mass is 389 g/mol. The van der Waals surface area contributed by atoms with Gasteiger partial charge in [0.1, 0.15) is 0 Å². The average molecular weight is 389 g/mol. The predicted octanol–water partition coefficient (Wildman–Crippen LogP) is 2.51. The Morgan fingerprint density at radius 2 is 1.93 bits per heavy atom. The average Bonchev–Trinajstić information content (AvgIpc) is 2.65. The Morgan fingerprint density at radius 3 is 2.59 bits per heavy atom. The van der Waals surface area contributed by atoms with Gasteiger partial charge in [0.05, 0.1) is 4.90 Å². The van der Waals surface area contributed by atoms with E-state index in [1.54, 1.807) is 42.5 Å². The van der Waals surface area contributed by atoms with E-state index in [4.69, 9.17) is 5.11 Å². The third-order valence-corrected chi connectivity index (χ3v) is 6.45. The minimum absolute atomic E-state index is 0.0185. The van der Waals surface area contributed by atoms with Crippen molar-refractivity contribution in [3.05, 3.63) is 64.7 Å². The van der Waals surface area contributed by atoms with E-state index in [9.17, 15) is 18.3 Å². The molecular weight excluding hydrogens is 366 g/mol. The molecule has 2 aromatic rings. The Hall–Kier alpha value is -2.22. The van der Waals surface area contributed by atoms with Crippen molar-refractivity contribution in [1.29, 1.82) is 0 Å². The van der Waals surface area contributed by atoms with Gasteiger partial charge in [0.15, 0.2) is 6.10 Å². The zero-order valence-electron chi connectivity index (χ0n) is 15.1. The smallest absolute Gasteiger partial charge is 0.337 e. The largest absolute Gasteiger partial charge is 0.479 e. The molecule has 6 nitrogen and oxygen atoms in total. The Balaban J connectivity index is 1.76. The molecule has 0 spiro atoms. The van der Waals surface area contributed by atoms with Crippen LogP contribution in [0.15, 0.2) is 47.4 Å². The number of hydrogen-bond donors (Lipinski definition) is 3. The summed E-state index contributed by atoms with van der Waals surface area (Å²) in [5.41, 5.74) is 3.32. The summed E-state index contributed by atoms with van der Waals surface area (Å²) >= 11 is 0. The van der Waals surface area contributed by atoms with E-state index in [-0.39, 0.29) is 17.4 Å². The second kappa shape index (κ2) is 7.80. The molecule has 1 aliphatic rings. The van der Waals surface area contributed by atoms with Crippen LogP contribution in [-0.4, -0.2) is 31.1 Å². The number of fused-ring (bicyclic) bond motifs is 1. The van der Waals surface area contributed by atoms with Gasteiger partial charge in [-0.1, -0.05) is 35.9 Å². The Kier molecular flexibility index (Phi) is 5.64. The first-order valence-corrected chi connectivity index (χ1v) is 10.4. The van der Waals surface area contributed by atoms with Crippen molar-refractivity contribution < 1.29 is 23.4 Å². The third kappa shape index (κ3) is 4.37. The summed E-state index contributed by atoms with van der Waals surface area (Å²) in [5.74, 6) is -1.27. The van der Waals surface area contributed by atoms with Crippen molar-refractivity contribution in [3.8, 4) is 0 Å². The molecule has 0 saturated heterocycles. The van der Waals surface area contributed by atoms with E-state index in [2.05, 4.69) is 4.72 Å². The quantitative estimate of drug-likeness (QED) is 0.704. The van der Waals surface area contributed by atoms with E-state index in [0.717, 1.165) is 36.0 Å². The highest BCUT2D eigenvalue weighted by molar-refractivity contribution is 7.89. The molecule has 0 saturated carbocycles. The number of carboxylic acid groups (broad SMARTS) is 1. The van der Waals surface area contributed by atoms with Gasteiger partial charge in [0.2, 0.25) is 10.0 Å². The molecule has 0 aromatic heterocycles. The van der Waals surface area contributed by atoms with Gasteiger partial charge < -0.3 is 10.2 Å². The van der Waals surface area contributed by atoms with E-state index < -0.39 is 22.1 Å². The first kappa shape index (κ1) is 19.5. The molecule has 2 unspecified atom stereocenters. The van der Waals surface area contributed by atoms with Crippen LogP contribution in [0.25, 0.3) is 0 Å². The number of aliphatic hydroxyl groups is 1. The Labute approximate surface area is 158 Å². The molecule has 7 heteroatoms. The van der Waals surface area contributed by atoms with Gasteiger partial charge in [-0.3, -0.25) is 0 Å². The predicted molar refractivity (Wildman–Crippen MR) is 101 cm³/mol. The fraction of sp³-hybridized carbons (Fsp3) is 0.350. The SMILES string of the molecule is Cc1ccc(S(=O)(=O)NCC2CCCc3cc(C(O)C(=O)O)ccc32)cc1. The number of hydrogen-bond acceptors (Lipinski definition) is 4. The third-order valence-electron chi connectivity index (χ3n) is 5.01. The lowest BCUT2D eigenvalue weighted by atomic mass is 9.82. The highest BCUT2D eigenvalue weighted by atomic mass is 32.2. The van der Waals surface area contributed by atoms with Crippen LogP contribution in [0.3, 0.4) is 0 Å². The topological polar surface area (TPSA) is 104 Å². The van der Waals surface area contributed by atoms with Crippen molar-refractivity contribution in [2.45, 2.75) is 43.1 Å². The van der Waals surface area contributed by atoms with Gasteiger partial charge in [0.25, 0.3) is 0 Å². The normalized spacial score (nSPS) is 17.9. The summed E-state index contributed by atoms with van der Waals surface area (Å²) in [4.78, 5) is 11.2. The Morgan fingerprint density at radius 1 is 1.22 bits per heavy atom. The lowest BCUT2D eigenvalue weighted by molar-refractivity contribution is -0.146. The molecule has 1 aliphatic carbocycles. The molecule has 0 heterocycles. The lowest BCUT2D eigenvalue weighted by Gasteiger charge is -2.26. The zero-order valence-corrected chi connectivity index (χ0v) is 15.9. The summed E-state index contributed by atoms with van der Waals surface area (Å²) in [6.45, 7) is 2.18. The zero-order chi connectivity index (χ0) is 19.6. The van der Waals surface area contributed by atoms with Crippen molar-refractivity contribution >= 4 is 16.0 Å². The summed E-state index contributed by atoms with van der Waals surface area (Å²) in [6.07, 6.45) is 0.980. The van der Waals surface area contributed by atoms with Gasteiger partial charge in [-0.05, 0) is 60.9 Å². The molecule has 2 atom stereocenters. The molecule has 0 bridgehead atoms. The van der Waals surface area contributed by atoms with Gasteiger partial charge in [-0.15, -0.1) is 0 Å². The molecule has 3 rings (SSSR count). The fourth-order valence-corrected chi connectivity index (χ4v) is 4.55. The molecule has 3 N–H and O–H groups in total. The molecule has 0 aliphatic heterocycles. The summed E-state index contributed by atoms with van der Waals surface area (Å²) in [6, 6.07) is 11.8. The summed E-state index contributed by atoms with van der Waals surface area (Å²) < 4.78 is 27.7. The second-order valence-corrected chi connectivity index (χ2v) is 8.72. The number of carbonyl (C=O) groups is 1. The van der Waals surface area contributed by atoms with Crippen LogP contribution in [0.1, 0.15) is 47.1 Å². The summed E-state index contributed by atoms with van der Waals surface area (Å²) in [5, 5.41) is 18.7. The number of sulfonamides is 1. The number of aliphatic hydroxyl groups excluding tert-OH is 1. The maximum absolute atomic E-state index is 12.5. The number of aliphatic carboxylic acids is 1. The first-order valence-electron chi connectivity index (χ1n) is 8.88. The van der Waals surface area contributed by atoms with Gasteiger partial charge in [0, 0.05) is 6.54 Å². The summed E-state index contributed by atoms with van der Waals surface area (Å²) in [7, 11) is -3.58. The molecular formula is C20H23NO5S. The van der Waals surface area contributed by atoms with Crippen molar-refractivity contribution in [2.24, 2.45) is 0 Å². The number of rotatable bonds is 6. The highest BCUT2D eigenvalue weighted by Gasteiger charge is 2.25. The van der Waals surface area contributed by atoms with Crippen LogP contribution >= 0.6 is 0 Å². The van der Waals surface area contributed by atoms with Crippen molar-refractivity contribution in [3.63, 3.8) is 0 Å².